The van der Waals surface area contributed by atoms with Crippen LogP contribution < -0.4 is 11.3 Å². The Morgan fingerprint density at radius 1 is 1.60 bits per heavy atom. The molecular weight excluding hydrogens is 192 g/mol. The molecular formula is C10H20N4O. The zero-order valence-corrected chi connectivity index (χ0v) is 9.60. The van der Waals surface area contributed by atoms with Gasteiger partial charge in [-0.15, -0.1) is 0 Å². The molecule has 0 saturated heterocycles. The predicted molar refractivity (Wildman–Crippen MR) is 59.0 cm³/mol. The molecule has 0 radical (unpaired) electrons. The third-order valence-electron chi connectivity index (χ3n) is 2.59. The molecule has 0 amide bonds. The minimum atomic E-state index is 0.149. The van der Waals surface area contributed by atoms with Crippen LogP contribution in [0.15, 0.2) is 12.4 Å². The molecule has 3 N–H and O–H groups in total. The highest BCUT2D eigenvalue weighted by atomic mass is 16.5. The van der Waals surface area contributed by atoms with Crippen molar-refractivity contribution in [2.45, 2.75) is 31.9 Å². The van der Waals surface area contributed by atoms with Crippen LogP contribution in [0.3, 0.4) is 0 Å². The first kappa shape index (κ1) is 12.2. The lowest BCUT2D eigenvalue weighted by Gasteiger charge is -2.16. The number of nitrogens with zero attached hydrogens (tertiary/aromatic N) is 2. The molecule has 2 unspecified atom stereocenters. The van der Waals surface area contributed by atoms with Gasteiger partial charge in [-0.25, -0.2) is 0 Å². The monoisotopic (exact) mass is 212 g/mol. The van der Waals surface area contributed by atoms with Crippen molar-refractivity contribution in [2.24, 2.45) is 12.9 Å². The van der Waals surface area contributed by atoms with E-state index in [4.69, 9.17) is 10.6 Å². The van der Waals surface area contributed by atoms with Crippen LogP contribution in [0.5, 0.6) is 0 Å². The molecule has 1 heterocycles. The Balaban J connectivity index is 2.49. The highest BCUT2D eigenvalue weighted by Crippen LogP contribution is 2.18. The van der Waals surface area contributed by atoms with Crippen molar-refractivity contribution in [2.75, 3.05) is 7.11 Å². The molecule has 0 spiro atoms. The molecule has 0 aromatic carbocycles. The molecule has 15 heavy (non-hydrogen) atoms. The summed E-state index contributed by atoms with van der Waals surface area (Å²) >= 11 is 0. The highest BCUT2D eigenvalue weighted by Gasteiger charge is 2.12. The Bertz CT molecular complexity index is 287. The van der Waals surface area contributed by atoms with E-state index in [-0.39, 0.29) is 12.1 Å². The quantitative estimate of drug-likeness (QED) is 0.539. The van der Waals surface area contributed by atoms with Crippen molar-refractivity contribution in [1.29, 1.82) is 0 Å². The van der Waals surface area contributed by atoms with Crippen molar-refractivity contribution >= 4 is 0 Å². The SMILES string of the molecule is COC(C)CCC(NN)c1cnn(C)c1. The molecule has 1 rings (SSSR count). The van der Waals surface area contributed by atoms with Crippen molar-refractivity contribution in [3.05, 3.63) is 18.0 Å². The van der Waals surface area contributed by atoms with Gasteiger partial charge < -0.3 is 4.74 Å². The first-order valence-electron chi connectivity index (χ1n) is 5.14. The lowest BCUT2D eigenvalue weighted by Crippen LogP contribution is -2.28. The van der Waals surface area contributed by atoms with Gasteiger partial charge in [-0.2, -0.15) is 5.10 Å². The largest absolute Gasteiger partial charge is 0.382 e. The molecule has 0 aliphatic carbocycles. The van der Waals surface area contributed by atoms with E-state index in [0.29, 0.717) is 0 Å². The van der Waals surface area contributed by atoms with Crippen LogP contribution in [0, 0.1) is 0 Å². The fourth-order valence-electron chi connectivity index (χ4n) is 1.49. The second kappa shape index (κ2) is 5.85. The van der Waals surface area contributed by atoms with E-state index in [2.05, 4.69) is 17.4 Å². The average molecular weight is 212 g/mol. The topological polar surface area (TPSA) is 65.1 Å². The van der Waals surface area contributed by atoms with Crippen LogP contribution in [0.1, 0.15) is 31.4 Å². The number of ether oxygens (including phenoxy) is 1. The summed E-state index contributed by atoms with van der Waals surface area (Å²) in [5.41, 5.74) is 3.92. The maximum absolute atomic E-state index is 5.51. The molecule has 1 aromatic rings. The summed E-state index contributed by atoms with van der Waals surface area (Å²) in [6.07, 6.45) is 5.99. The van der Waals surface area contributed by atoms with Gasteiger partial charge in [0.15, 0.2) is 0 Å². The minimum Gasteiger partial charge on any atom is -0.382 e. The van der Waals surface area contributed by atoms with Crippen LogP contribution >= 0.6 is 0 Å². The molecule has 2 atom stereocenters. The predicted octanol–water partition coefficient (Wildman–Crippen LogP) is 0.740. The Hall–Kier alpha value is -0.910. The molecule has 1 aromatic heterocycles. The second-order valence-corrected chi connectivity index (χ2v) is 3.79. The summed E-state index contributed by atoms with van der Waals surface area (Å²) in [6.45, 7) is 2.05. The number of nitrogens with two attached hydrogens (primary N) is 1. The maximum atomic E-state index is 5.51. The molecule has 0 aliphatic rings. The van der Waals surface area contributed by atoms with Gasteiger partial charge in [-0.1, -0.05) is 0 Å². The molecule has 0 saturated carbocycles. The number of nitrogens with one attached hydrogen (secondary N) is 1. The number of methoxy groups -OCH3 is 1. The smallest absolute Gasteiger partial charge is 0.0543 e. The zero-order valence-electron chi connectivity index (χ0n) is 9.60. The van der Waals surface area contributed by atoms with Gasteiger partial charge in [0.05, 0.1) is 12.3 Å². The van der Waals surface area contributed by atoms with Gasteiger partial charge in [0.2, 0.25) is 0 Å². The van der Waals surface area contributed by atoms with E-state index in [1.807, 2.05) is 19.4 Å². The van der Waals surface area contributed by atoms with Crippen LogP contribution in [0.4, 0.5) is 0 Å². The molecule has 0 bridgehead atoms. The number of rotatable bonds is 6. The summed E-state index contributed by atoms with van der Waals surface area (Å²) in [5.74, 6) is 5.51. The standard InChI is InChI=1S/C10H20N4O/c1-8(15-3)4-5-10(13-11)9-6-12-14(2)7-9/h6-8,10,13H,4-5,11H2,1-3H3. The van der Waals surface area contributed by atoms with E-state index in [1.54, 1.807) is 11.8 Å². The summed E-state index contributed by atoms with van der Waals surface area (Å²) in [4.78, 5) is 0. The zero-order chi connectivity index (χ0) is 11.3. The van der Waals surface area contributed by atoms with Gasteiger partial charge in [0.25, 0.3) is 0 Å². The lowest BCUT2D eigenvalue weighted by atomic mass is 10.0. The van der Waals surface area contributed by atoms with Crippen LogP contribution in [-0.4, -0.2) is 23.0 Å². The third kappa shape index (κ3) is 3.62. The number of aromatic nitrogens is 2. The van der Waals surface area contributed by atoms with E-state index in [1.165, 1.54) is 0 Å². The summed E-state index contributed by atoms with van der Waals surface area (Å²) in [6, 6.07) is 0.149. The second-order valence-electron chi connectivity index (χ2n) is 3.79. The van der Waals surface area contributed by atoms with Crippen molar-refractivity contribution in [3.63, 3.8) is 0 Å². The number of hydrogen-bond donors (Lipinski definition) is 2. The third-order valence-corrected chi connectivity index (χ3v) is 2.59. The van der Waals surface area contributed by atoms with E-state index in [9.17, 15) is 0 Å². The van der Waals surface area contributed by atoms with E-state index >= 15 is 0 Å². The average Bonchev–Trinajstić information content (AvgIpc) is 2.65. The summed E-state index contributed by atoms with van der Waals surface area (Å²) < 4.78 is 6.97. The van der Waals surface area contributed by atoms with Gasteiger partial charge in [0, 0.05) is 32.0 Å². The van der Waals surface area contributed by atoms with Crippen molar-refractivity contribution < 1.29 is 4.74 Å². The Morgan fingerprint density at radius 2 is 2.33 bits per heavy atom. The molecule has 5 nitrogen and oxygen atoms in total. The number of aryl methyl sites for hydroxylation is 1. The normalized spacial score (nSPS) is 15.2. The molecule has 86 valence electrons. The Labute approximate surface area is 90.6 Å². The van der Waals surface area contributed by atoms with E-state index in [0.717, 1.165) is 18.4 Å². The highest BCUT2D eigenvalue weighted by molar-refractivity contribution is 5.09. The van der Waals surface area contributed by atoms with Crippen molar-refractivity contribution in [3.8, 4) is 0 Å². The van der Waals surface area contributed by atoms with Crippen LogP contribution in [-0.2, 0) is 11.8 Å². The van der Waals surface area contributed by atoms with Gasteiger partial charge in [-0.3, -0.25) is 16.0 Å². The van der Waals surface area contributed by atoms with Gasteiger partial charge in [-0.05, 0) is 19.8 Å². The molecule has 5 heteroatoms. The fraction of sp³-hybridized carbons (Fsp3) is 0.700. The van der Waals surface area contributed by atoms with Crippen molar-refractivity contribution in [1.82, 2.24) is 15.2 Å². The van der Waals surface area contributed by atoms with Gasteiger partial charge in [0.1, 0.15) is 0 Å². The Kier molecular flexibility index (Phi) is 4.74. The molecule has 0 fully saturated rings. The summed E-state index contributed by atoms with van der Waals surface area (Å²) in [5, 5.41) is 4.12. The fourth-order valence-corrected chi connectivity index (χ4v) is 1.49. The first-order chi connectivity index (χ1) is 7.17. The first-order valence-corrected chi connectivity index (χ1v) is 5.14. The van der Waals surface area contributed by atoms with Crippen LogP contribution in [0.2, 0.25) is 0 Å². The Morgan fingerprint density at radius 3 is 2.80 bits per heavy atom. The van der Waals surface area contributed by atoms with Crippen LogP contribution in [0.25, 0.3) is 0 Å². The lowest BCUT2D eigenvalue weighted by molar-refractivity contribution is 0.106. The van der Waals surface area contributed by atoms with Gasteiger partial charge >= 0.3 is 0 Å². The molecule has 0 aliphatic heterocycles. The number of hydrazine groups is 1. The number of hydrogen-bond acceptors (Lipinski definition) is 4. The van der Waals surface area contributed by atoms with E-state index < -0.39 is 0 Å². The maximum Gasteiger partial charge on any atom is 0.0543 e. The summed E-state index contributed by atoms with van der Waals surface area (Å²) in [7, 11) is 3.62. The minimum absolute atomic E-state index is 0.149.